The first kappa shape index (κ1) is 20.0. The van der Waals surface area contributed by atoms with Gasteiger partial charge in [-0.25, -0.2) is 0 Å². The number of hydrogen-bond acceptors (Lipinski definition) is 4. The SMILES string of the molecule is CC1(C)OB(c2ccc3ccccc3c2B2OC(C)(C)C(C)(C)O2)OC1(C)C. The summed E-state index contributed by atoms with van der Waals surface area (Å²) in [6.45, 7) is 16.6. The zero-order valence-electron chi connectivity index (χ0n) is 18.3. The Kier molecular flexibility index (Phi) is 4.34. The van der Waals surface area contributed by atoms with Crippen LogP contribution in [0.15, 0.2) is 36.4 Å². The van der Waals surface area contributed by atoms with Crippen molar-refractivity contribution in [3.05, 3.63) is 36.4 Å². The predicted octanol–water partition coefficient (Wildman–Crippen LogP) is 3.44. The topological polar surface area (TPSA) is 36.9 Å². The Morgan fingerprint density at radius 1 is 0.571 bits per heavy atom. The molecule has 0 saturated carbocycles. The smallest absolute Gasteiger partial charge is 0.399 e. The maximum Gasteiger partial charge on any atom is 0.495 e. The van der Waals surface area contributed by atoms with Crippen LogP contribution in [0.5, 0.6) is 0 Å². The highest BCUT2D eigenvalue weighted by Crippen LogP contribution is 2.38. The van der Waals surface area contributed by atoms with E-state index < -0.39 is 36.6 Å². The lowest BCUT2D eigenvalue weighted by Crippen LogP contribution is -2.52. The molecule has 2 aliphatic rings. The van der Waals surface area contributed by atoms with Crippen molar-refractivity contribution in [1.82, 2.24) is 0 Å². The van der Waals surface area contributed by atoms with Gasteiger partial charge in [0.2, 0.25) is 0 Å². The average Bonchev–Trinajstić information content (AvgIpc) is 2.93. The molecule has 2 fully saturated rings. The molecule has 4 nitrogen and oxygen atoms in total. The van der Waals surface area contributed by atoms with Crippen molar-refractivity contribution in [2.24, 2.45) is 0 Å². The lowest BCUT2D eigenvalue weighted by Gasteiger charge is -2.32. The molecule has 2 saturated heterocycles. The van der Waals surface area contributed by atoms with Gasteiger partial charge in [-0.1, -0.05) is 36.4 Å². The molecule has 4 rings (SSSR count). The molecule has 0 atom stereocenters. The zero-order chi connectivity index (χ0) is 20.5. The Labute approximate surface area is 169 Å². The van der Waals surface area contributed by atoms with Crippen LogP contribution in [0.25, 0.3) is 10.8 Å². The molecule has 0 spiro atoms. The number of hydrogen-bond donors (Lipinski definition) is 0. The lowest BCUT2D eigenvalue weighted by molar-refractivity contribution is 0.00578. The molecule has 2 aromatic rings. The van der Waals surface area contributed by atoms with Crippen molar-refractivity contribution >= 4 is 35.9 Å². The van der Waals surface area contributed by atoms with E-state index in [-0.39, 0.29) is 0 Å². The molecule has 6 heteroatoms. The summed E-state index contributed by atoms with van der Waals surface area (Å²) in [4.78, 5) is 0. The average molecular weight is 380 g/mol. The second-order valence-electron chi connectivity index (χ2n) is 9.97. The van der Waals surface area contributed by atoms with Crippen molar-refractivity contribution in [3.8, 4) is 0 Å². The van der Waals surface area contributed by atoms with E-state index in [9.17, 15) is 0 Å². The van der Waals surface area contributed by atoms with Crippen molar-refractivity contribution in [3.63, 3.8) is 0 Å². The third-order valence-electron chi connectivity index (χ3n) is 7.00. The summed E-state index contributed by atoms with van der Waals surface area (Å²) in [7, 11) is -0.950. The Hall–Kier alpha value is -1.33. The maximum absolute atomic E-state index is 6.43. The highest BCUT2D eigenvalue weighted by atomic mass is 16.7. The van der Waals surface area contributed by atoms with E-state index in [2.05, 4.69) is 79.7 Å². The highest BCUT2D eigenvalue weighted by Gasteiger charge is 2.56. The minimum Gasteiger partial charge on any atom is -0.399 e. The van der Waals surface area contributed by atoms with Crippen LogP contribution in [0.3, 0.4) is 0 Å². The molecule has 0 amide bonds. The first-order chi connectivity index (χ1) is 12.8. The monoisotopic (exact) mass is 380 g/mol. The van der Waals surface area contributed by atoms with E-state index in [1.807, 2.05) is 12.1 Å². The molecule has 0 radical (unpaired) electrons. The van der Waals surface area contributed by atoms with Gasteiger partial charge in [-0.2, -0.15) is 0 Å². The molecular weight excluding hydrogens is 350 g/mol. The molecule has 0 unspecified atom stereocenters. The Balaban J connectivity index is 1.86. The van der Waals surface area contributed by atoms with Gasteiger partial charge in [0.15, 0.2) is 0 Å². The van der Waals surface area contributed by atoms with Crippen molar-refractivity contribution in [2.45, 2.75) is 77.8 Å². The summed E-state index contributed by atoms with van der Waals surface area (Å²) in [5.41, 5.74) is 0.322. The fourth-order valence-electron chi connectivity index (χ4n) is 3.71. The summed E-state index contributed by atoms with van der Waals surface area (Å²) >= 11 is 0. The van der Waals surface area contributed by atoms with Gasteiger partial charge < -0.3 is 18.6 Å². The second kappa shape index (κ2) is 6.08. The largest absolute Gasteiger partial charge is 0.495 e. The summed E-state index contributed by atoms with van der Waals surface area (Å²) < 4.78 is 25.6. The Morgan fingerprint density at radius 2 is 1.04 bits per heavy atom. The highest BCUT2D eigenvalue weighted by molar-refractivity contribution is 6.76. The second-order valence-corrected chi connectivity index (χ2v) is 9.97. The summed E-state index contributed by atoms with van der Waals surface area (Å²) in [5.74, 6) is 0. The first-order valence-electron chi connectivity index (χ1n) is 10.1. The van der Waals surface area contributed by atoms with Gasteiger partial charge in [-0.3, -0.25) is 0 Å². The van der Waals surface area contributed by atoms with E-state index >= 15 is 0 Å². The summed E-state index contributed by atoms with van der Waals surface area (Å²) in [6, 6.07) is 12.5. The molecule has 0 aromatic heterocycles. The maximum atomic E-state index is 6.43. The number of benzene rings is 2. The van der Waals surface area contributed by atoms with Gasteiger partial charge in [0.25, 0.3) is 0 Å². The van der Waals surface area contributed by atoms with Crippen LogP contribution in [-0.4, -0.2) is 36.6 Å². The standard InChI is InChI=1S/C22H30B2O4/c1-19(2)20(3,4)26-23(25-19)17-14-13-15-11-9-10-12-16(15)18(17)24-27-21(5,6)22(7,8)28-24/h9-14H,1-8H3. The summed E-state index contributed by atoms with van der Waals surface area (Å²) in [6.07, 6.45) is 0. The van der Waals surface area contributed by atoms with Crippen molar-refractivity contribution < 1.29 is 18.6 Å². The van der Waals surface area contributed by atoms with Crippen LogP contribution in [-0.2, 0) is 18.6 Å². The van der Waals surface area contributed by atoms with E-state index in [1.54, 1.807) is 0 Å². The fourth-order valence-corrected chi connectivity index (χ4v) is 3.71. The third-order valence-corrected chi connectivity index (χ3v) is 7.00. The van der Waals surface area contributed by atoms with Crippen LogP contribution < -0.4 is 10.9 Å². The molecule has 2 aromatic carbocycles. The van der Waals surface area contributed by atoms with Gasteiger partial charge in [-0.15, -0.1) is 0 Å². The van der Waals surface area contributed by atoms with Crippen molar-refractivity contribution in [2.75, 3.05) is 0 Å². The van der Waals surface area contributed by atoms with Crippen LogP contribution >= 0.6 is 0 Å². The van der Waals surface area contributed by atoms with Gasteiger partial charge in [0.05, 0.1) is 22.4 Å². The molecule has 2 heterocycles. The van der Waals surface area contributed by atoms with E-state index in [4.69, 9.17) is 18.6 Å². The van der Waals surface area contributed by atoms with Crippen LogP contribution in [0.4, 0.5) is 0 Å². The van der Waals surface area contributed by atoms with Crippen molar-refractivity contribution in [1.29, 1.82) is 0 Å². The van der Waals surface area contributed by atoms with Crippen LogP contribution in [0.1, 0.15) is 55.4 Å². The first-order valence-corrected chi connectivity index (χ1v) is 10.1. The number of fused-ring (bicyclic) bond motifs is 1. The number of rotatable bonds is 2. The lowest BCUT2D eigenvalue weighted by atomic mass is 9.63. The van der Waals surface area contributed by atoms with Gasteiger partial charge in [-0.05, 0) is 77.1 Å². The van der Waals surface area contributed by atoms with Gasteiger partial charge in [0, 0.05) is 0 Å². The van der Waals surface area contributed by atoms with E-state index in [1.165, 1.54) is 0 Å². The van der Waals surface area contributed by atoms with Crippen LogP contribution in [0.2, 0.25) is 0 Å². The molecule has 148 valence electrons. The van der Waals surface area contributed by atoms with E-state index in [0.29, 0.717) is 0 Å². The van der Waals surface area contributed by atoms with Gasteiger partial charge in [0.1, 0.15) is 0 Å². The molecule has 0 aliphatic carbocycles. The normalized spacial score (nSPS) is 24.9. The molecule has 0 N–H and O–H groups in total. The zero-order valence-corrected chi connectivity index (χ0v) is 18.3. The summed E-state index contributed by atoms with van der Waals surface area (Å²) in [5, 5.41) is 2.25. The third kappa shape index (κ3) is 2.93. The molecule has 28 heavy (non-hydrogen) atoms. The fraction of sp³-hybridized carbons (Fsp3) is 0.545. The Bertz CT molecular complexity index is 888. The minimum absolute atomic E-state index is 0.406. The van der Waals surface area contributed by atoms with E-state index in [0.717, 1.165) is 21.7 Å². The predicted molar refractivity (Wildman–Crippen MR) is 115 cm³/mol. The molecule has 2 aliphatic heterocycles. The quantitative estimate of drug-likeness (QED) is 0.749. The Morgan fingerprint density at radius 3 is 1.57 bits per heavy atom. The van der Waals surface area contributed by atoms with Gasteiger partial charge >= 0.3 is 14.2 Å². The molecular formula is C22H30B2O4. The minimum atomic E-state index is -0.481. The molecule has 0 bridgehead atoms. The van der Waals surface area contributed by atoms with Crippen LogP contribution in [0, 0.1) is 0 Å².